The van der Waals surface area contributed by atoms with Crippen molar-refractivity contribution in [2.75, 3.05) is 13.2 Å². The summed E-state index contributed by atoms with van der Waals surface area (Å²) >= 11 is 0. The Morgan fingerprint density at radius 3 is 2.50 bits per heavy atom. The summed E-state index contributed by atoms with van der Waals surface area (Å²) < 4.78 is 16.5. The van der Waals surface area contributed by atoms with Crippen molar-refractivity contribution in [3.8, 4) is 11.5 Å². The molecule has 0 aromatic heterocycles. The van der Waals surface area contributed by atoms with Crippen molar-refractivity contribution in [2.45, 2.75) is 20.5 Å². The number of hydrogen-bond acceptors (Lipinski definition) is 4. The zero-order valence-electron chi connectivity index (χ0n) is 14.1. The summed E-state index contributed by atoms with van der Waals surface area (Å²) in [5, 5.41) is 0. The van der Waals surface area contributed by atoms with Gasteiger partial charge in [-0.2, -0.15) is 0 Å². The lowest BCUT2D eigenvalue weighted by molar-refractivity contribution is 0.0549. The van der Waals surface area contributed by atoms with Gasteiger partial charge in [0.25, 0.3) is 0 Å². The molecule has 0 saturated heterocycles. The minimum Gasteiger partial charge on any atom is -0.490 e. The molecule has 4 nitrogen and oxygen atoms in total. The van der Waals surface area contributed by atoms with E-state index in [2.05, 4.69) is 6.58 Å². The highest BCUT2D eigenvalue weighted by Crippen LogP contribution is 2.29. The molecule has 0 aliphatic heterocycles. The van der Waals surface area contributed by atoms with Crippen LogP contribution >= 0.6 is 0 Å². The Labute approximate surface area is 142 Å². The second-order valence-corrected chi connectivity index (χ2v) is 5.26. The zero-order valence-corrected chi connectivity index (χ0v) is 14.1. The molecule has 4 heteroatoms. The molecule has 0 saturated carbocycles. The number of carbonyl (C=O) groups is 1. The predicted molar refractivity (Wildman–Crippen MR) is 93.6 cm³/mol. The maximum atomic E-state index is 11.9. The molecule has 0 unspecified atom stereocenters. The summed E-state index contributed by atoms with van der Waals surface area (Å²) in [6.07, 6.45) is 1.53. The van der Waals surface area contributed by atoms with Crippen LogP contribution in [0.3, 0.4) is 0 Å². The van der Waals surface area contributed by atoms with E-state index in [-0.39, 0.29) is 6.61 Å². The Morgan fingerprint density at radius 1 is 1.08 bits per heavy atom. The molecule has 0 spiro atoms. The first-order chi connectivity index (χ1) is 11.6. The first-order valence-electron chi connectivity index (χ1n) is 7.87. The van der Waals surface area contributed by atoms with E-state index >= 15 is 0 Å². The first kappa shape index (κ1) is 17.6. The van der Waals surface area contributed by atoms with Crippen LogP contribution in [0.4, 0.5) is 0 Å². The van der Waals surface area contributed by atoms with Gasteiger partial charge in [0.1, 0.15) is 13.2 Å². The monoisotopic (exact) mass is 326 g/mol. The topological polar surface area (TPSA) is 44.8 Å². The molecule has 126 valence electrons. The van der Waals surface area contributed by atoms with Gasteiger partial charge in [0.2, 0.25) is 0 Å². The van der Waals surface area contributed by atoms with Crippen LogP contribution in [0, 0.1) is 6.92 Å². The van der Waals surface area contributed by atoms with Gasteiger partial charge in [0, 0.05) is 0 Å². The Kier molecular flexibility index (Phi) is 6.43. The number of aryl methyl sites for hydroxylation is 1. The molecule has 0 fully saturated rings. The van der Waals surface area contributed by atoms with E-state index in [1.165, 1.54) is 11.6 Å². The average molecular weight is 326 g/mol. The maximum absolute atomic E-state index is 11.9. The molecule has 0 atom stereocenters. The van der Waals surface area contributed by atoms with Crippen LogP contribution in [0.5, 0.6) is 11.5 Å². The minimum absolute atomic E-state index is 0.175. The summed E-state index contributed by atoms with van der Waals surface area (Å²) in [4.78, 5) is 11.9. The fourth-order valence-corrected chi connectivity index (χ4v) is 2.09. The number of ether oxygens (including phenoxy) is 3. The Bertz CT molecular complexity index is 689. The minimum atomic E-state index is -0.416. The van der Waals surface area contributed by atoms with Crippen LogP contribution in [0.1, 0.15) is 28.4 Å². The van der Waals surface area contributed by atoms with Crippen molar-refractivity contribution in [3.63, 3.8) is 0 Å². The molecule has 0 heterocycles. The molecule has 0 radical (unpaired) electrons. The van der Waals surface area contributed by atoms with Crippen LogP contribution in [0.15, 0.2) is 55.1 Å². The van der Waals surface area contributed by atoms with E-state index in [9.17, 15) is 4.79 Å². The van der Waals surface area contributed by atoms with E-state index < -0.39 is 5.97 Å². The standard InChI is InChI=1S/C20H22O4/c1-4-12-23-20(21)17-10-11-18(19(13-17)22-5-2)24-14-16-8-6-15(3)7-9-16/h4,6-11,13H,1,5,12,14H2,2-3H3. The van der Waals surface area contributed by atoms with Gasteiger partial charge >= 0.3 is 5.97 Å². The largest absolute Gasteiger partial charge is 0.490 e. The molecule has 0 amide bonds. The summed E-state index contributed by atoms with van der Waals surface area (Å²) in [6.45, 7) is 8.53. The van der Waals surface area contributed by atoms with E-state index in [0.717, 1.165) is 5.56 Å². The molecule has 0 aliphatic carbocycles. The molecular formula is C20H22O4. The van der Waals surface area contributed by atoms with E-state index in [0.29, 0.717) is 30.3 Å². The highest BCUT2D eigenvalue weighted by atomic mass is 16.5. The van der Waals surface area contributed by atoms with Gasteiger partial charge in [-0.3, -0.25) is 0 Å². The summed E-state index contributed by atoms with van der Waals surface area (Å²) in [6, 6.07) is 13.2. The molecule has 2 aromatic carbocycles. The average Bonchev–Trinajstić information content (AvgIpc) is 2.60. The van der Waals surface area contributed by atoms with E-state index in [4.69, 9.17) is 14.2 Å². The Hall–Kier alpha value is -2.75. The van der Waals surface area contributed by atoms with E-state index in [1.54, 1.807) is 18.2 Å². The SMILES string of the molecule is C=CCOC(=O)c1ccc(OCc2ccc(C)cc2)c(OCC)c1. The fraction of sp³-hybridized carbons (Fsp3) is 0.250. The van der Waals surface area contributed by atoms with Crippen molar-refractivity contribution in [2.24, 2.45) is 0 Å². The van der Waals surface area contributed by atoms with Crippen molar-refractivity contribution in [1.29, 1.82) is 0 Å². The smallest absolute Gasteiger partial charge is 0.338 e. The predicted octanol–water partition coefficient (Wildman–Crippen LogP) is 4.32. The van der Waals surface area contributed by atoms with Gasteiger partial charge in [0.05, 0.1) is 12.2 Å². The summed E-state index contributed by atoms with van der Waals surface area (Å²) in [7, 11) is 0. The summed E-state index contributed by atoms with van der Waals surface area (Å²) in [5.74, 6) is 0.705. The van der Waals surface area contributed by atoms with E-state index in [1.807, 2.05) is 38.1 Å². The van der Waals surface area contributed by atoms with Gasteiger partial charge in [-0.25, -0.2) is 4.79 Å². The van der Waals surface area contributed by atoms with Crippen LogP contribution in [0.2, 0.25) is 0 Å². The third-order valence-corrected chi connectivity index (χ3v) is 3.33. The van der Waals surface area contributed by atoms with Crippen molar-refractivity contribution in [3.05, 3.63) is 71.8 Å². The molecule has 0 aliphatic rings. The van der Waals surface area contributed by atoms with Crippen molar-refractivity contribution < 1.29 is 19.0 Å². The van der Waals surface area contributed by atoms with Crippen LogP contribution in [-0.4, -0.2) is 19.2 Å². The normalized spacial score (nSPS) is 10.1. The van der Waals surface area contributed by atoms with Crippen LogP contribution in [-0.2, 0) is 11.3 Å². The van der Waals surface area contributed by atoms with Gasteiger partial charge in [-0.15, -0.1) is 0 Å². The third kappa shape index (κ3) is 4.88. The molecule has 0 bridgehead atoms. The van der Waals surface area contributed by atoms with Gasteiger partial charge < -0.3 is 14.2 Å². The number of esters is 1. The van der Waals surface area contributed by atoms with Crippen molar-refractivity contribution >= 4 is 5.97 Å². The number of hydrogen-bond donors (Lipinski definition) is 0. The molecule has 24 heavy (non-hydrogen) atoms. The summed E-state index contributed by atoms with van der Waals surface area (Å²) in [5.41, 5.74) is 2.69. The highest BCUT2D eigenvalue weighted by molar-refractivity contribution is 5.90. The lowest BCUT2D eigenvalue weighted by Crippen LogP contribution is -2.06. The quantitative estimate of drug-likeness (QED) is 0.535. The maximum Gasteiger partial charge on any atom is 0.338 e. The molecule has 2 rings (SSSR count). The number of carbonyl (C=O) groups excluding carboxylic acids is 1. The molecule has 0 N–H and O–H groups in total. The number of rotatable bonds is 8. The Balaban J connectivity index is 2.11. The van der Waals surface area contributed by atoms with Crippen LogP contribution in [0.25, 0.3) is 0 Å². The zero-order chi connectivity index (χ0) is 17.4. The van der Waals surface area contributed by atoms with Gasteiger partial charge in [0.15, 0.2) is 11.5 Å². The lowest BCUT2D eigenvalue weighted by atomic mass is 10.1. The Morgan fingerprint density at radius 2 is 1.83 bits per heavy atom. The number of benzene rings is 2. The second kappa shape index (κ2) is 8.77. The van der Waals surface area contributed by atoms with Crippen molar-refractivity contribution in [1.82, 2.24) is 0 Å². The third-order valence-electron chi connectivity index (χ3n) is 3.33. The van der Waals surface area contributed by atoms with Crippen LogP contribution < -0.4 is 9.47 Å². The lowest BCUT2D eigenvalue weighted by Gasteiger charge is -2.13. The first-order valence-corrected chi connectivity index (χ1v) is 7.87. The highest BCUT2D eigenvalue weighted by Gasteiger charge is 2.12. The van der Waals surface area contributed by atoms with Gasteiger partial charge in [-0.05, 0) is 37.6 Å². The second-order valence-electron chi connectivity index (χ2n) is 5.26. The van der Waals surface area contributed by atoms with Gasteiger partial charge in [-0.1, -0.05) is 42.5 Å². The molecular weight excluding hydrogens is 304 g/mol. The molecule has 2 aromatic rings. The fourth-order valence-electron chi connectivity index (χ4n) is 2.09.